The van der Waals surface area contributed by atoms with Crippen LogP contribution in [0.2, 0.25) is 0 Å². The van der Waals surface area contributed by atoms with Crippen LogP contribution in [-0.2, 0) is 4.79 Å². The van der Waals surface area contributed by atoms with E-state index in [2.05, 4.69) is 32.8 Å². The molecule has 3 fully saturated rings. The molecule has 23 heavy (non-hydrogen) atoms. The van der Waals surface area contributed by atoms with Crippen molar-refractivity contribution in [1.29, 1.82) is 0 Å². The van der Waals surface area contributed by atoms with Crippen molar-refractivity contribution in [1.82, 2.24) is 20.9 Å². The van der Waals surface area contributed by atoms with Crippen LogP contribution in [0, 0.1) is 17.8 Å². The van der Waals surface area contributed by atoms with Gasteiger partial charge in [-0.2, -0.15) is 0 Å². The third-order valence-corrected chi connectivity index (χ3v) is 5.69. The summed E-state index contributed by atoms with van der Waals surface area (Å²) in [4.78, 5) is 30.1. The number of piperidine rings is 1. The van der Waals surface area contributed by atoms with E-state index >= 15 is 0 Å². The van der Waals surface area contributed by atoms with Crippen LogP contribution >= 0.6 is 0 Å². The molecule has 128 valence electrons. The molecule has 3 aliphatic rings. The predicted molar refractivity (Wildman–Crippen MR) is 88.0 cm³/mol. The van der Waals surface area contributed by atoms with Gasteiger partial charge in [0.25, 0.3) is 5.91 Å². The first kappa shape index (κ1) is 16.1. The summed E-state index contributed by atoms with van der Waals surface area (Å²) in [5, 5.41) is 8.62. The summed E-state index contributed by atoms with van der Waals surface area (Å²) in [6.45, 7) is 6.80. The first-order valence-electron chi connectivity index (χ1n) is 8.53. The highest BCUT2D eigenvalue weighted by Gasteiger charge is 2.48. The maximum absolute atomic E-state index is 12.0. The molecule has 0 aromatic heterocycles. The Hall–Kier alpha value is -1.79. The van der Waals surface area contributed by atoms with Gasteiger partial charge in [-0.3, -0.25) is 15.1 Å². The lowest BCUT2D eigenvalue weighted by molar-refractivity contribution is -0.125. The molecule has 3 N–H and O–H groups in total. The summed E-state index contributed by atoms with van der Waals surface area (Å²) in [6.07, 6.45) is 3.04. The zero-order valence-electron chi connectivity index (χ0n) is 14.2. The fourth-order valence-corrected chi connectivity index (χ4v) is 3.75. The van der Waals surface area contributed by atoms with E-state index in [4.69, 9.17) is 0 Å². The zero-order valence-corrected chi connectivity index (χ0v) is 14.2. The molecule has 1 aliphatic carbocycles. The molecule has 3 atom stereocenters. The molecular weight excluding hydrogens is 294 g/mol. The fourth-order valence-electron chi connectivity index (χ4n) is 3.75. The number of nitrogens with one attached hydrogen (secondary N) is 3. The Balaban J connectivity index is 1.53. The van der Waals surface area contributed by atoms with Crippen LogP contribution in [0.1, 0.15) is 33.1 Å². The van der Waals surface area contributed by atoms with Crippen molar-refractivity contribution in [3.63, 3.8) is 0 Å². The van der Waals surface area contributed by atoms with Gasteiger partial charge in [0.05, 0.1) is 0 Å². The van der Waals surface area contributed by atoms with Crippen molar-refractivity contribution in [2.24, 2.45) is 22.7 Å². The maximum atomic E-state index is 12.0. The molecule has 7 nitrogen and oxygen atoms in total. The third-order valence-electron chi connectivity index (χ3n) is 5.69. The highest BCUT2D eigenvalue weighted by molar-refractivity contribution is 6.07. The van der Waals surface area contributed by atoms with Crippen molar-refractivity contribution < 1.29 is 9.59 Å². The summed E-state index contributed by atoms with van der Waals surface area (Å²) in [6, 6.07) is -0.379. The fraction of sp³-hybridized carbons (Fsp3) is 0.812. The average Bonchev–Trinajstić information content (AvgIpc) is 3.16. The number of guanidine groups is 1. The molecule has 0 aromatic rings. The second-order valence-corrected chi connectivity index (χ2v) is 7.27. The summed E-state index contributed by atoms with van der Waals surface area (Å²) >= 11 is 0. The molecule has 7 heteroatoms. The monoisotopic (exact) mass is 321 g/mol. The number of amides is 3. The maximum Gasteiger partial charge on any atom is 0.322 e. The standard InChI is InChI=1S/C16H27N5O2/c1-10-8-11(10)9-18-14(17-3)21-6-4-12(5-7-21)16(2)13(22)19-15(23)20-16/h10-12H,4-9H2,1-3H3,(H,17,18)(H2,19,20,22,23). The first-order chi connectivity index (χ1) is 10.9. The normalized spacial score (nSPS) is 35.1. The first-order valence-corrected chi connectivity index (χ1v) is 8.53. The topological polar surface area (TPSA) is 85.8 Å². The van der Waals surface area contributed by atoms with Crippen LogP contribution in [0.5, 0.6) is 0 Å². The number of hydrogen-bond donors (Lipinski definition) is 3. The number of urea groups is 1. The van der Waals surface area contributed by atoms with Gasteiger partial charge < -0.3 is 15.5 Å². The van der Waals surface area contributed by atoms with E-state index in [0.717, 1.165) is 50.3 Å². The minimum absolute atomic E-state index is 0.159. The van der Waals surface area contributed by atoms with E-state index in [0.29, 0.717) is 0 Å². The molecule has 3 amide bonds. The summed E-state index contributed by atoms with van der Waals surface area (Å²) in [7, 11) is 1.82. The van der Waals surface area contributed by atoms with E-state index in [1.165, 1.54) is 6.42 Å². The molecule has 0 bridgehead atoms. The number of hydrogen-bond acceptors (Lipinski definition) is 3. The van der Waals surface area contributed by atoms with Gasteiger partial charge in [-0.25, -0.2) is 4.79 Å². The quantitative estimate of drug-likeness (QED) is 0.402. The largest absolute Gasteiger partial charge is 0.356 e. The van der Waals surface area contributed by atoms with Gasteiger partial charge in [-0.15, -0.1) is 0 Å². The number of carbonyl (C=O) groups excluding carboxylic acids is 2. The van der Waals surface area contributed by atoms with Crippen molar-refractivity contribution in [2.75, 3.05) is 26.7 Å². The predicted octanol–water partition coefficient (Wildman–Crippen LogP) is 0.528. The lowest BCUT2D eigenvalue weighted by atomic mass is 9.79. The van der Waals surface area contributed by atoms with Crippen molar-refractivity contribution in [3.8, 4) is 0 Å². The zero-order chi connectivity index (χ0) is 16.6. The Labute approximate surface area is 137 Å². The third kappa shape index (κ3) is 3.14. The second-order valence-electron chi connectivity index (χ2n) is 7.27. The van der Waals surface area contributed by atoms with Gasteiger partial charge in [0.2, 0.25) is 0 Å². The van der Waals surface area contributed by atoms with Crippen LogP contribution in [0.4, 0.5) is 4.79 Å². The van der Waals surface area contributed by atoms with Crippen LogP contribution in [0.25, 0.3) is 0 Å². The molecule has 3 rings (SSSR count). The van der Waals surface area contributed by atoms with E-state index in [9.17, 15) is 9.59 Å². The molecule has 2 saturated heterocycles. The number of nitrogens with zero attached hydrogens (tertiary/aromatic N) is 2. The highest BCUT2D eigenvalue weighted by atomic mass is 16.2. The van der Waals surface area contributed by atoms with Crippen molar-refractivity contribution in [3.05, 3.63) is 0 Å². The highest BCUT2D eigenvalue weighted by Crippen LogP contribution is 2.37. The SMILES string of the molecule is CN=C(NCC1CC1C)N1CCC(C2(C)NC(=O)NC2=O)CC1. The van der Waals surface area contributed by atoms with E-state index < -0.39 is 5.54 Å². The van der Waals surface area contributed by atoms with Gasteiger partial charge in [0.1, 0.15) is 5.54 Å². The van der Waals surface area contributed by atoms with Crippen molar-refractivity contribution >= 4 is 17.9 Å². The molecule has 1 saturated carbocycles. The van der Waals surface area contributed by atoms with Gasteiger partial charge in [-0.1, -0.05) is 6.92 Å². The van der Waals surface area contributed by atoms with Gasteiger partial charge in [0.15, 0.2) is 5.96 Å². The van der Waals surface area contributed by atoms with Gasteiger partial charge >= 0.3 is 6.03 Å². The van der Waals surface area contributed by atoms with Crippen LogP contribution in [-0.4, -0.2) is 55.0 Å². The van der Waals surface area contributed by atoms with Crippen LogP contribution in [0.15, 0.2) is 4.99 Å². The number of rotatable bonds is 3. The number of carbonyl (C=O) groups is 2. The summed E-state index contributed by atoms with van der Waals surface area (Å²) in [5.41, 5.74) is -0.774. The Morgan fingerprint density at radius 3 is 2.52 bits per heavy atom. The lowest BCUT2D eigenvalue weighted by Crippen LogP contribution is -2.55. The Morgan fingerprint density at radius 2 is 2.04 bits per heavy atom. The molecule has 2 heterocycles. The van der Waals surface area contributed by atoms with Crippen LogP contribution < -0.4 is 16.0 Å². The van der Waals surface area contributed by atoms with Crippen molar-refractivity contribution in [2.45, 2.75) is 38.6 Å². The molecule has 3 unspecified atom stereocenters. The van der Waals surface area contributed by atoms with Crippen LogP contribution in [0.3, 0.4) is 0 Å². The van der Waals surface area contributed by atoms with E-state index in [1.54, 1.807) is 0 Å². The summed E-state index contributed by atoms with van der Waals surface area (Å²) < 4.78 is 0. The minimum atomic E-state index is -0.774. The Morgan fingerprint density at radius 1 is 1.39 bits per heavy atom. The average molecular weight is 321 g/mol. The molecule has 0 radical (unpaired) electrons. The smallest absolute Gasteiger partial charge is 0.322 e. The molecule has 0 aromatic carbocycles. The minimum Gasteiger partial charge on any atom is -0.356 e. The number of likely N-dealkylation sites (tertiary alicyclic amines) is 1. The van der Waals surface area contributed by atoms with Gasteiger partial charge in [0, 0.05) is 26.7 Å². The Kier molecular flexibility index (Phi) is 4.21. The molecular formula is C16H27N5O2. The molecule has 0 spiro atoms. The van der Waals surface area contributed by atoms with Gasteiger partial charge in [-0.05, 0) is 43.9 Å². The van der Waals surface area contributed by atoms with E-state index in [-0.39, 0.29) is 17.9 Å². The number of imide groups is 1. The van der Waals surface area contributed by atoms with E-state index in [1.807, 2.05) is 14.0 Å². The Bertz CT molecular complexity index is 527. The second kappa shape index (κ2) is 6.02. The summed E-state index contributed by atoms with van der Waals surface area (Å²) in [5.74, 6) is 2.52. The molecule has 2 aliphatic heterocycles. The lowest BCUT2D eigenvalue weighted by Gasteiger charge is -2.39. The number of aliphatic imine (C=N–C) groups is 1.